The van der Waals surface area contributed by atoms with Crippen molar-refractivity contribution in [2.75, 3.05) is 39.6 Å². The van der Waals surface area contributed by atoms with Crippen LogP contribution in [0.3, 0.4) is 0 Å². The van der Waals surface area contributed by atoms with Crippen LogP contribution in [-0.2, 0) is 14.2 Å². The first-order chi connectivity index (χ1) is 7.91. The van der Waals surface area contributed by atoms with Crippen molar-refractivity contribution >= 4 is 0 Å². The van der Waals surface area contributed by atoms with Crippen molar-refractivity contribution in [2.24, 2.45) is 0 Å². The van der Waals surface area contributed by atoms with E-state index in [-0.39, 0.29) is 0 Å². The van der Waals surface area contributed by atoms with E-state index in [0.717, 1.165) is 13.0 Å². The molecule has 0 aliphatic carbocycles. The van der Waals surface area contributed by atoms with Crippen molar-refractivity contribution < 1.29 is 14.2 Å². The Balaban J connectivity index is 2.85. The molecule has 0 aromatic rings. The average molecular weight is 230 g/mol. The predicted octanol–water partition coefficient (Wildman–Crippen LogP) is 2.80. The van der Waals surface area contributed by atoms with Crippen molar-refractivity contribution in [3.05, 3.63) is 12.7 Å². The lowest BCUT2D eigenvalue weighted by molar-refractivity contribution is 0.0188. The summed E-state index contributed by atoms with van der Waals surface area (Å²) >= 11 is 0. The highest BCUT2D eigenvalue weighted by molar-refractivity contribution is 4.63. The summed E-state index contributed by atoms with van der Waals surface area (Å²) in [6.07, 6.45) is 6.75. The summed E-state index contributed by atoms with van der Waals surface area (Å²) in [5.74, 6) is 0. The summed E-state index contributed by atoms with van der Waals surface area (Å²) in [5.41, 5.74) is 0. The molecule has 0 radical (unpaired) electrons. The second-order valence-electron chi connectivity index (χ2n) is 3.65. The molecule has 3 heteroatoms. The first-order valence-corrected chi connectivity index (χ1v) is 6.26. The molecule has 0 spiro atoms. The monoisotopic (exact) mass is 230 g/mol. The van der Waals surface area contributed by atoms with Gasteiger partial charge in [0.05, 0.1) is 33.0 Å². The van der Waals surface area contributed by atoms with Gasteiger partial charge in [0.1, 0.15) is 0 Å². The van der Waals surface area contributed by atoms with Gasteiger partial charge >= 0.3 is 0 Å². The van der Waals surface area contributed by atoms with Crippen LogP contribution in [0.4, 0.5) is 0 Å². The average Bonchev–Trinajstić information content (AvgIpc) is 2.31. The molecule has 0 saturated carbocycles. The maximum Gasteiger partial charge on any atom is 0.0704 e. The third-order valence-corrected chi connectivity index (χ3v) is 2.12. The highest BCUT2D eigenvalue weighted by atomic mass is 16.5. The number of hydrogen-bond acceptors (Lipinski definition) is 3. The minimum atomic E-state index is 0.595. The standard InChI is InChI=1S/C13H26O3/c1-3-5-6-7-9-15-11-13-16-12-10-14-8-4-2/h4H,2-3,5-13H2,1H3. The fourth-order valence-corrected chi connectivity index (χ4v) is 1.24. The molecular formula is C13H26O3. The summed E-state index contributed by atoms with van der Waals surface area (Å²) in [6, 6.07) is 0. The van der Waals surface area contributed by atoms with Crippen LogP contribution in [0, 0.1) is 0 Å². The molecule has 0 aromatic heterocycles. The Morgan fingerprint density at radius 2 is 1.44 bits per heavy atom. The van der Waals surface area contributed by atoms with E-state index in [1.807, 2.05) is 0 Å². The molecule has 16 heavy (non-hydrogen) atoms. The van der Waals surface area contributed by atoms with Crippen LogP contribution in [0.5, 0.6) is 0 Å². The van der Waals surface area contributed by atoms with Gasteiger partial charge in [-0.25, -0.2) is 0 Å². The maximum atomic E-state index is 5.43. The Morgan fingerprint density at radius 1 is 0.812 bits per heavy atom. The van der Waals surface area contributed by atoms with Crippen LogP contribution in [0.1, 0.15) is 32.6 Å². The fraction of sp³-hybridized carbons (Fsp3) is 0.846. The molecule has 0 aliphatic heterocycles. The first kappa shape index (κ1) is 15.6. The van der Waals surface area contributed by atoms with Gasteiger partial charge in [-0.15, -0.1) is 6.58 Å². The lowest BCUT2D eigenvalue weighted by atomic mass is 10.2. The summed E-state index contributed by atoms with van der Waals surface area (Å²) < 4.78 is 15.9. The number of unbranched alkanes of at least 4 members (excludes halogenated alkanes) is 3. The van der Waals surface area contributed by atoms with Gasteiger partial charge in [-0.1, -0.05) is 32.3 Å². The van der Waals surface area contributed by atoms with Crippen LogP contribution < -0.4 is 0 Å². The molecule has 0 fully saturated rings. The smallest absolute Gasteiger partial charge is 0.0704 e. The molecule has 3 nitrogen and oxygen atoms in total. The largest absolute Gasteiger partial charge is 0.379 e. The molecule has 0 aromatic carbocycles. The molecule has 0 unspecified atom stereocenters. The van der Waals surface area contributed by atoms with E-state index in [0.29, 0.717) is 33.0 Å². The summed E-state index contributed by atoms with van der Waals surface area (Å²) in [5, 5.41) is 0. The van der Waals surface area contributed by atoms with E-state index >= 15 is 0 Å². The van der Waals surface area contributed by atoms with Crippen molar-refractivity contribution in [2.45, 2.75) is 32.6 Å². The van der Waals surface area contributed by atoms with Gasteiger partial charge in [0.2, 0.25) is 0 Å². The van der Waals surface area contributed by atoms with Crippen LogP contribution in [0.25, 0.3) is 0 Å². The molecule has 0 aliphatic rings. The Hall–Kier alpha value is -0.380. The second-order valence-corrected chi connectivity index (χ2v) is 3.65. The highest BCUT2D eigenvalue weighted by Crippen LogP contribution is 1.98. The second kappa shape index (κ2) is 14.6. The van der Waals surface area contributed by atoms with E-state index in [1.165, 1.54) is 19.3 Å². The third kappa shape index (κ3) is 13.6. The third-order valence-electron chi connectivity index (χ3n) is 2.12. The van der Waals surface area contributed by atoms with E-state index < -0.39 is 0 Å². The van der Waals surface area contributed by atoms with Gasteiger partial charge < -0.3 is 14.2 Å². The molecule has 0 bridgehead atoms. The summed E-state index contributed by atoms with van der Waals surface area (Å²) in [7, 11) is 0. The van der Waals surface area contributed by atoms with E-state index in [2.05, 4.69) is 13.5 Å². The lowest BCUT2D eigenvalue weighted by Gasteiger charge is -2.05. The highest BCUT2D eigenvalue weighted by Gasteiger charge is 1.91. The molecular weight excluding hydrogens is 204 g/mol. The van der Waals surface area contributed by atoms with Gasteiger partial charge in [-0.05, 0) is 6.42 Å². The zero-order valence-corrected chi connectivity index (χ0v) is 10.6. The van der Waals surface area contributed by atoms with Gasteiger partial charge in [-0.3, -0.25) is 0 Å². The van der Waals surface area contributed by atoms with Gasteiger partial charge in [0.15, 0.2) is 0 Å². The first-order valence-electron chi connectivity index (χ1n) is 6.26. The van der Waals surface area contributed by atoms with Gasteiger partial charge in [0, 0.05) is 6.61 Å². The molecule has 0 amide bonds. The van der Waals surface area contributed by atoms with Crippen molar-refractivity contribution in [3.63, 3.8) is 0 Å². The number of ether oxygens (including phenoxy) is 3. The molecule has 0 saturated heterocycles. The molecule has 0 heterocycles. The minimum Gasteiger partial charge on any atom is -0.379 e. The molecule has 0 rings (SSSR count). The van der Waals surface area contributed by atoms with Crippen LogP contribution >= 0.6 is 0 Å². The quantitative estimate of drug-likeness (QED) is 0.360. The summed E-state index contributed by atoms with van der Waals surface area (Å²) in [6.45, 7) is 9.83. The predicted molar refractivity (Wildman–Crippen MR) is 66.8 cm³/mol. The topological polar surface area (TPSA) is 27.7 Å². The maximum absolute atomic E-state index is 5.43. The van der Waals surface area contributed by atoms with Gasteiger partial charge in [0.25, 0.3) is 0 Å². The number of hydrogen-bond donors (Lipinski definition) is 0. The number of rotatable bonds is 13. The fourth-order valence-electron chi connectivity index (χ4n) is 1.24. The Labute approximate surface area is 99.8 Å². The molecule has 96 valence electrons. The van der Waals surface area contributed by atoms with E-state index in [1.54, 1.807) is 6.08 Å². The van der Waals surface area contributed by atoms with Crippen LogP contribution in [0.15, 0.2) is 12.7 Å². The van der Waals surface area contributed by atoms with E-state index in [4.69, 9.17) is 14.2 Å². The van der Waals surface area contributed by atoms with Gasteiger partial charge in [-0.2, -0.15) is 0 Å². The normalized spacial score (nSPS) is 10.6. The van der Waals surface area contributed by atoms with Crippen LogP contribution in [-0.4, -0.2) is 39.6 Å². The zero-order chi connectivity index (χ0) is 11.9. The Morgan fingerprint density at radius 3 is 2.06 bits per heavy atom. The lowest BCUT2D eigenvalue weighted by Crippen LogP contribution is -2.09. The zero-order valence-electron chi connectivity index (χ0n) is 10.6. The van der Waals surface area contributed by atoms with E-state index in [9.17, 15) is 0 Å². The van der Waals surface area contributed by atoms with Crippen molar-refractivity contribution in [3.8, 4) is 0 Å². The van der Waals surface area contributed by atoms with Crippen molar-refractivity contribution in [1.82, 2.24) is 0 Å². The summed E-state index contributed by atoms with van der Waals surface area (Å²) in [4.78, 5) is 0. The SMILES string of the molecule is C=CCOCCOCCOCCCCCC. The Kier molecular flexibility index (Phi) is 14.3. The van der Waals surface area contributed by atoms with Crippen molar-refractivity contribution in [1.29, 1.82) is 0 Å². The Bertz CT molecular complexity index is 137. The van der Waals surface area contributed by atoms with Crippen LogP contribution in [0.2, 0.25) is 0 Å². The molecule has 0 atom stereocenters. The molecule has 0 N–H and O–H groups in total. The minimum absolute atomic E-state index is 0.595.